The van der Waals surface area contributed by atoms with Gasteiger partial charge < -0.3 is 14.8 Å². The van der Waals surface area contributed by atoms with Crippen LogP contribution in [0.25, 0.3) is 5.57 Å². The molecule has 0 saturated heterocycles. The van der Waals surface area contributed by atoms with Gasteiger partial charge in [-0.25, -0.2) is 4.90 Å². The fourth-order valence-electron chi connectivity index (χ4n) is 3.75. The van der Waals surface area contributed by atoms with E-state index < -0.39 is 11.8 Å². The molecule has 2 amide bonds. The van der Waals surface area contributed by atoms with Crippen LogP contribution in [0.4, 0.5) is 11.4 Å². The number of hydrogen-bond acceptors (Lipinski definition) is 5. The monoisotopic (exact) mass is 462 g/mol. The first-order valence-electron chi connectivity index (χ1n) is 10.3. The Morgan fingerprint density at radius 3 is 2.21 bits per heavy atom. The molecule has 6 nitrogen and oxygen atoms in total. The Bertz CT molecular complexity index is 1280. The molecule has 1 aliphatic rings. The number of aryl methyl sites for hydroxylation is 1. The number of imide groups is 1. The molecule has 33 heavy (non-hydrogen) atoms. The van der Waals surface area contributed by atoms with Gasteiger partial charge >= 0.3 is 0 Å². The third-order valence-electron chi connectivity index (χ3n) is 5.56. The van der Waals surface area contributed by atoms with Crippen molar-refractivity contribution in [2.45, 2.75) is 13.8 Å². The second kappa shape index (κ2) is 9.00. The maximum Gasteiger partial charge on any atom is 0.282 e. The summed E-state index contributed by atoms with van der Waals surface area (Å²) in [7, 11) is 3.08. The Balaban J connectivity index is 1.84. The molecule has 3 aromatic rings. The molecule has 168 valence electrons. The minimum absolute atomic E-state index is 0.176. The van der Waals surface area contributed by atoms with Gasteiger partial charge in [0.15, 0.2) is 11.5 Å². The van der Waals surface area contributed by atoms with Crippen molar-refractivity contribution in [1.82, 2.24) is 0 Å². The molecule has 7 heteroatoms. The molecule has 1 N–H and O–H groups in total. The van der Waals surface area contributed by atoms with Crippen LogP contribution >= 0.6 is 11.6 Å². The largest absolute Gasteiger partial charge is 0.493 e. The molecule has 0 unspecified atom stereocenters. The number of anilines is 2. The molecule has 3 aromatic carbocycles. The lowest BCUT2D eigenvalue weighted by Gasteiger charge is -2.18. The van der Waals surface area contributed by atoms with E-state index in [1.165, 1.54) is 12.0 Å². The fourth-order valence-corrected chi connectivity index (χ4v) is 3.92. The van der Waals surface area contributed by atoms with Gasteiger partial charge in [0.05, 0.1) is 25.5 Å². The number of halogens is 1. The van der Waals surface area contributed by atoms with Crippen molar-refractivity contribution < 1.29 is 19.1 Å². The quantitative estimate of drug-likeness (QED) is 0.499. The molecule has 0 atom stereocenters. The third kappa shape index (κ3) is 4.05. The van der Waals surface area contributed by atoms with Gasteiger partial charge in [-0.2, -0.15) is 0 Å². The van der Waals surface area contributed by atoms with E-state index in [1.807, 2.05) is 31.2 Å². The number of amides is 2. The van der Waals surface area contributed by atoms with Crippen molar-refractivity contribution in [1.29, 1.82) is 0 Å². The number of hydrogen-bond donors (Lipinski definition) is 1. The maximum absolute atomic E-state index is 13.6. The lowest BCUT2D eigenvalue weighted by atomic mass is 10.0. The van der Waals surface area contributed by atoms with Crippen molar-refractivity contribution in [2.75, 3.05) is 24.4 Å². The fraction of sp³-hybridized carbons (Fsp3) is 0.154. The normalized spacial score (nSPS) is 13.5. The molecule has 0 aliphatic carbocycles. The average Bonchev–Trinajstić information content (AvgIpc) is 3.05. The first-order valence-corrected chi connectivity index (χ1v) is 10.7. The predicted molar refractivity (Wildman–Crippen MR) is 130 cm³/mol. The summed E-state index contributed by atoms with van der Waals surface area (Å²) in [5.41, 5.74) is 3.84. The minimum atomic E-state index is -0.462. The van der Waals surface area contributed by atoms with Gasteiger partial charge in [-0.15, -0.1) is 0 Å². The van der Waals surface area contributed by atoms with Crippen LogP contribution in [-0.2, 0) is 9.59 Å². The summed E-state index contributed by atoms with van der Waals surface area (Å²) >= 11 is 6.28. The van der Waals surface area contributed by atoms with E-state index in [-0.39, 0.29) is 11.3 Å². The van der Waals surface area contributed by atoms with Crippen LogP contribution in [0, 0.1) is 13.8 Å². The summed E-state index contributed by atoms with van der Waals surface area (Å²) in [6.07, 6.45) is 0. The highest BCUT2D eigenvalue weighted by Crippen LogP contribution is 2.38. The van der Waals surface area contributed by atoms with E-state index >= 15 is 0 Å². The third-order valence-corrected chi connectivity index (χ3v) is 5.97. The first kappa shape index (κ1) is 22.4. The zero-order chi connectivity index (χ0) is 23.7. The van der Waals surface area contributed by atoms with Crippen molar-refractivity contribution in [3.63, 3.8) is 0 Å². The topological polar surface area (TPSA) is 67.9 Å². The highest BCUT2D eigenvalue weighted by molar-refractivity contribution is 6.46. The predicted octanol–water partition coefficient (Wildman–Crippen LogP) is 5.37. The summed E-state index contributed by atoms with van der Waals surface area (Å²) in [5.74, 6) is 0.174. The van der Waals surface area contributed by atoms with E-state index in [0.717, 1.165) is 5.56 Å². The Morgan fingerprint density at radius 2 is 1.55 bits per heavy atom. The number of benzene rings is 3. The zero-order valence-electron chi connectivity index (χ0n) is 18.7. The van der Waals surface area contributed by atoms with Crippen LogP contribution in [0.3, 0.4) is 0 Å². The van der Waals surface area contributed by atoms with Gasteiger partial charge in [0.2, 0.25) is 0 Å². The number of nitrogens with one attached hydrogen (secondary N) is 1. The molecule has 0 saturated carbocycles. The Hall–Kier alpha value is -3.77. The van der Waals surface area contributed by atoms with Crippen LogP contribution < -0.4 is 19.7 Å². The Kier molecular flexibility index (Phi) is 6.11. The van der Waals surface area contributed by atoms with E-state index in [9.17, 15) is 9.59 Å². The minimum Gasteiger partial charge on any atom is -0.493 e. The summed E-state index contributed by atoms with van der Waals surface area (Å²) in [6, 6.07) is 17.8. The van der Waals surface area contributed by atoms with Gasteiger partial charge in [-0.1, -0.05) is 47.5 Å². The number of ether oxygens (including phenoxy) is 2. The van der Waals surface area contributed by atoms with Crippen molar-refractivity contribution >= 4 is 40.4 Å². The Labute approximate surface area is 197 Å². The van der Waals surface area contributed by atoms with Crippen LogP contribution in [0.15, 0.2) is 66.4 Å². The van der Waals surface area contributed by atoms with Crippen LogP contribution in [0.2, 0.25) is 5.02 Å². The molecule has 0 spiro atoms. The molecule has 0 bridgehead atoms. The number of methoxy groups -OCH3 is 2. The van der Waals surface area contributed by atoms with Crippen molar-refractivity contribution in [3.05, 3.63) is 88.1 Å². The molecule has 0 fully saturated rings. The summed E-state index contributed by atoms with van der Waals surface area (Å²) in [5, 5.41) is 3.62. The lowest BCUT2D eigenvalue weighted by Crippen LogP contribution is -2.33. The number of rotatable bonds is 6. The molecule has 0 radical (unpaired) electrons. The number of carbonyl (C=O) groups excluding carboxylic acids is 2. The summed E-state index contributed by atoms with van der Waals surface area (Å²) in [4.78, 5) is 28.4. The van der Waals surface area contributed by atoms with Gasteiger partial charge in [-0.05, 0) is 49.2 Å². The van der Waals surface area contributed by atoms with Crippen molar-refractivity contribution in [3.8, 4) is 11.5 Å². The first-order chi connectivity index (χ1) is 15.8. The smallest absolute Gasteiger partial charge is 0.282 e. The molecule has 0 aromatic heterocycles. The standard InChI is InChI=1S/C26H23ClN2O4/c1-15-8-10-17(11-9-15)23-24(28-18-12-13-21(32-3)22(14-18)33-4)26(31)29(25(23)30)20-7-5-6-19(27)16(20)2/h5-14,28H,1-4H3. The van der Waals surface area contributed by atoms with Crippen LogP contribution in [0.5, 0.6) is 11.5 Å². The van der Waals surface area contributed by atoms with E-state index in [2.05, 4.69) is 5.32 Å². The maximum atomic E-state index is 13.6. The lowest BCUT2D eigenvalue weighted by molar-refractivity contribution is -0.120. The Morgan fingerprint density at radius 1 is 0.848 bits per heavy atom. The van der Waals surface area contributed by atoms with Crippen LogP contribution in [-0.4, -0.2) is 26.0 Å². The molecule has 1 aliphatic heterocycles. The highest BCUT2D eigenvalue weighted by atomic mass is 35.5. The second-order valence-electron chi connectivity index (χ2n) is 7.64. The highest BCUT2D eigenvalue weighted by Gasteiger charge is 2.41. The molecular formula is C26H23ClN2O4. The second-order valence-corrected chi connectivity index (χ2v) is 8.05. The van der Waals surface area contributed by atoms with Crippen molar-refractivity contribution in [2.24, 2.45) is 0 Å². The number of nitrogens with zero attached hydrogens (tertiary/aromatic N) is 1. The van der Waals surface area contributed by atoms with E-state index in [0.29, 0.717) is 39.0 Å². The van der Waals surface area contributed by atoms with Gasteiger partial charge in [-0.3, -0.25) is 9.59 Å². The molecule has 4 rings (SSSR count). The van der Waals surface area contributed by atoms with Gasteiger partial charge in [0, 0.05) is 16.8 Å². The summed E-state index contributed by atoms with van der Waals surface area (Å²) < 4.78 is 10.7. The van der Waals surface area contributed by atoms with E-state index in [4.69, 9.17) is 21.1 Å². The van der Waals surface area contributed by atoms with E-state index in [1.54, 1.807) is 50.4 Å². The molecule has 1 heterocycles. The van der Waals surface area contributed by atoms with Crippen LogP contribution in [0.1, 0.15) is 16.7 Å². The SMILES string of the molecule is COc1ccc(NC2=C(c3ccc(C)cc3)C(=O)N(c3cccc(Cl)c3C)C2=O)cc1OC. The average molecular weight is 463 g/mol. The zero-order valence-corrected chi connectivity index (χ0v) is 19.5. The number of carbonyl (C=O) groups is 2. The summed E-state index contributed by atoms with van der Waals surface area (Å²) in [6.45, 7) is 3.74. The van der Waals surface area contributed by atoms with Gasteiger partial charge in [0.25, 0.3) is 11.8 Å². The molecular weight excluding hydrogens is 440 g/mol. The van der Waals surface area contributed by atoms with Gasteiger partial charge in [0.1, 0.15) is 5.70 Å².